The number of hydrogen-bond acceptors (Lipinski definition) is 5. The molecule has 0 aliphatic heterocycles. The van der Waals surface area contributed by atoms with Gasteiger partial charge in [0, 0.05) is 24.1 Å². The van der Waals surface area contributed by atoms with Crippen LogP contribution in [0.15, 0.2) is 43.2 Å². The molecule has 4 aromatic rings. The SMILES string of the molecule is C=CC[C@H](C(=O)O)[C@H](C)Cc1nc(-c2c[nH]c3ncc(F)cc23)nn2c(NC(C)=O)ccc12. The van der Waals surface area contributed by atoms with E-state index in [0.717, 1.165) is 6.20 Å². The summed E-state index contributed by atoms with van der Waals surface area (Å²) in [5.74, 6) is -1.81. The topological polar surface area (TPSA) is 125 Å². The number of amides is 1. The average Bonchev–Trinajstić information content (AvgIpc) is 3.35. The van der Waals surface area contributed by atoms with E-state index in [0.29, 0.717) is 52.3 Å². The molecule has 3 N–H and O–H groups in total. The Labute approximate surface area is 188 Å². The highest BCUT2D eigenvalue weighted by atomic mass is 19.1. The van der Waals surface area contributed by atoms with Crippen molar-refractivity contribution in [2.45, 2.75) is 26.7 Å². The minimum Gasteiger partial charge on any atom is -0.481 e. The van der Waals surface area contributed by atoms with Gasteiger partial charge in [0.15, 0.2) is 5.82 Å². The van der Waals surface area contributed by atoms with Gasteiger partial charge in [0.2, 0.25) is 5.91 Å². The number of aromatic amines is 1. The summed E-state index contributed by atoms with van der Waals surface area (Å²) in [5.41, 5.74) is 2.27. The Morgan fingerprint density at radius 2 is 2.18 bits per heavy atom. The number of H-pyrrole nitrogens is 1. The number of carbonyl (C=O) groups is 2. The van der Waals surface area contributed by atoms with Crippen LogP contribution in [0.3, 0.4) is 0 Å². The molecule has 1 amide bonds. The molecule has 0 aliphatic rings. The quantitative estimate of drug-likeness (QED) is 0.351. The van der Waals surface area contributed by atoms with Crippen LogP contribution >= 0.6 is 0 Å². The van der Waals surface area contributed by atoms with Crippen LogP contribution in [0.4, 0.5) is 10.2 Å². The number of pyridine rings is 1. The highest BCUT2D eigenvalue weighted by Gasteiger charge is 2.26. The molecule has 0 fully saturated rings. The second-order valence-electron chi connectivity index (χ2n) is 7.98. The maximum atomic E-state index is 13.9. The monoisotopic (exact) mass is 450 g/mol. The lowest BCUT2D eigenvalue weighted by molar-refractivity contribution is -0.143. The van der Waals surface area contributed by atoms with Gasteiger partial charge >= 0.3 is 5.97 Å². The van der Waals surface area contributed by atoms with E-state index in [1.54, 1.807) is 28.9 Å². The molecule has 2 atom stereocenters. The molecule has 10 heteroatoms. The van der Waals surface area contributed by atoms with E-state index >= 15 is 0 Å². The molecule has 0 saturated heterocycles. The Hall–Kier alpha value is -4.08. The van der Waals surface area contributed by atoms with Crippen molar-refractivity contribution in [1.82, 2.24) is 24.6 Å². The van der Waals surface area contributed by atoms with Gasteiger partial charge in [0.05, 0.1) is 23.3 Å². The third-order valence-electron chi connectivity index (χ3n) is 5.57. The summed E-state index contributed by atoms with van der Waals surface area (Å²) in [6, 6.07) is 4.83. The lowest BCUT2D eigenvalue weighted by Crippen LogP contribution is -2.23. The summed E-state index contributed by atoms with van der Waals surface area (Å²) in [6.45, 7) is 6.91. The molecule has 0 spiro atoms. The third kappa shape index (κ3) is 4.32. The molecule has 4 aromatic heterocycles. The first-order valence-electron chi connectivity index (χ1n) is 10.4. The molecule has 0 saturated carbocycles. The van der Waals surface area contributed by atoms with Gasteiger partial charge in [-0.15, -0.1) is 11.7 Å². The zero-order chi connectivity index (χ0) is 23.7. The predicted molar refractivity (Wildman–Crippen MR) is 121 cm³/mol. The number of nitrogens with one attached hydrogen (secondary N) is 2. The van der Waals surface area contributed by atoms with Crippen LogP contribution in [0, 0.1) is 17.7 Å². The van der Waals surface area contributed by atoms with E-state index in [1.807, 2.05) is 6.92 Å². The van der Waals surface area contributed by atoms with Crippen molar-refractivity contribution in [3.8, 4) is 11.4 Å². The minimum absolute atomic E-state index is 0.256. The van der Waals surface area contributed by atoms with Crippen molar-refractivity contribution < 1.29 is 19.1 Å². The zero-order valence-electron chi connectivity index (χ0n) is 18.2. The standard InChI is InChI=1S/C23H23FN6O3/c1-4-5-15(23(32)33)12(2)8-18-19-6-7-20(27-13(3)31)30(19)29-22(28-18)17-11-26-21-16(17)9-14(24)10-25-21/h4,6-7,9-12,15H,1,5,8H2,2-3H3,(H,25,26)(H,27,31)(H,32,33)/t12-,15+/m1/s1. The number of fused-ring (bicyclic) bond motifs is 2. The van der Waals surface area contributed by atoms with Crippen LogP contribution in [0.25, 0.3) is 27.9 Å². The lowest BCUT2D eigenvalue weighted by Gasteiger charge is -2.19. The van der Waals surface area contributed by atoms with Gasteiger partial charge in [-0.25, -0.2) is 18.9 Å². The summed E-state index contributed by atoms with van der Waals surface area (Å²) >= 11 is 0. The molecule has 0 aromatic carbocycles. The number of carbonyl (C=O) groups excluding carboxylic acids is 1. The highest BCUT2D eigenvalue weighted by molar-refractivity contribution is 5.92. The normalized spacial score (nSPS) is 13.2. The van der Waals surface area contributed by atoms with Crippen molar-refractivity contribution in [3.05, 3.63) is 54.8 Å². The second-order valence-corrected chi connectivity index (χ2v) is 7.98. The number of nitrogens with zero attached hydrogens (tertiary/aromatic N) is 4. The van der Waals surface area contributed by atoms with Crippen molar-refractivity contribution in [3.63, 3.8) is 0 Å². The summed E-state index contributed by atoms with van der Waals surface area (Å²) in [5, 5.41) is 17.5. The number of carboxylic acids is 1. The fraction of sp³-hybridized carbons (Fsp3) is 0.261. The number of hydrogen-bond donors (Lipinski definition) is 3. The van der Waals surface area contributed by atoms with Gasteiger partial charge in [-0.05, 0) is 37.0 Å². The molecular formula is C23H23FN6O3. The maximum absolute atomic E-state index is 13.9. The Balaban J connectivity index is 1.87. The van der Waals surface area contributed by atoms with Gasteiger partial charge < -0.3 is 15.4 Å². The second kappa shape index (κ2) is 8.81. The van der Waals surface area contributed by atoms with E-state index in [-0.39, 0.29) is 11.8 Å². The smallest absolute Gasteiger partial charge is 0.307 e. The van der Waals surface area contributed by atoms with Crippen molar-refractivity contribution in [2.75, 3.05) is 5.32 Å². The average molecular weight is 450 g/mol. The number of carboxylic acid groups (broad SMARTS) is 1. The minimum atomic E-state index is -0.903. The molecule has 0 unspecified atom stereocenters. The molecule has 0 bridgehead atoms. The van der Waals surface area contributed by atoms with Crippen LogP contribution < -0.4 is 5.32 Å². The van der Waals surface area contributed by atoms with Gasteiger partial charge in [-0.2, -0.15) is 0 Å². The number of aromatic nitrogens is 5. The lowest BCUT2D eigenvalue weighted by atomic mass is 9.87. The summed E-state index contributed by atoms with van der Waals surface area (Å²) in [4.78, 5) is 35.2. The Morgan fingerprint density at radius 3 is 2.88 bits per heavy atom. The van der Waals surface area contributed by atoms with Gasteiger partial charge in [0.1, 0.15) is 17.3 Å². The molecule has 33 heavy (non-hydrogen) atoms. The molecule has 170 valence electrons. The zero-order valence-corrected chi connectivity index (χ0v) is 18.2. The van der Waals surface area contributed by atoms with Crippen LogP contribution in [-0.4, -0.2) is 41.5 Å². The van der Waals surface area contributed by atoms with E-state index < -0.39 is 17.7 Å². The Morgan fingerprint density at radius 1 is 1.39 bits per heavy atom. The maximum Gasteiger partial charge on any atom is 0.307 e. The van der Waals surface area contributed by atoms with Crippen molar-refractivity contribution in [2.24, 2.45) is 11.8 Å². The van der Waals surface area contributed by atoms with Gasteiger partial charge in [-0.3, -0.25) is 9.59 Å². The number of aliphatic carboxylic acids is 1. The molecule has 4 heterocycles. The van der Waals surface area contributed by atoms with E-state index in [1.165, 1.54) is 13.0 Å². The number of allylic oxidation sites excluding steroid dienone is 1. The first-order valence-corrected chi connectivity index (χ1v) is 10.4. The summed E-state index contributed by atoms with van der Waals surface area (Å²) < 4.78 is 15.4. The molecule has 0 radical (unpaired) electrons. The number of halogens is 1. The first-order chi connectivity index (χ1) is 15.8. The Kier molecular flexibility index (Phi) is 5.91. The fourth-order valence-electron chi connectivity index (χ4n) is 3.96. The van der Waals surface area contributed by atoms with E-state index in [2.05, 4.69) is 27.0 Å². The number of rotatable bonds is 8. The van der Waals surface area contributed by atoms with Crippen LogP contribution in [0.5, 0.6) is 0 Å². The highest BCUT2D eigenvalue weighted by Crippen LogP contribution is 2.29. The van der Waals surface area contributed by atoms with Crippen LogP contribution in [0.2, 0.25) is 0 Å². The molecule has 4 rings (SSSR count). The summed E-state index contributed by atoms with van der Waals surface area (Å²) in [7, 11) is 0. The van der Waals surface area contributed by atoms with E-state index in [9.17, 15) is 19.1 Å². The molecule has 9 nitrogen and oxygen atoms in total. The third-order valence-corrected chi connectivity index (χ3v) is 5.57. The van der Waals surface area contributed by atoms with Crippen LogP contribution in [0.1, 0.15) is 26.0 Å². The fourth-order valence-corrected chi connectivity index (χ4v) is 3.96. The summed E-state index contributed by atoms with van der Waals surface area (Å²) in [6.07, 6.45) is 5.03. The van der Waals surface area contributed by atoms with Crippen molar-refractivity contribution >= 4 is 34.2 Å². The predicted octanol–water partition coefficient (Wildman–Crippen LogP) is 3.83. The molecular weight excluding hydrogens is 427 g/mol. The Bertz CT molecular complexity index is 1380. The van der Waals surface area contributed by atoms with E-state index in [4.69, 9.17) is 4.98 Å². The van der Waals surface area contributed by atoms with Crippen molar-refractivity contribution in [1.29, 1.82) is 0 Å². The van der Waals surface area contributed by atoms with Crippen LogP contribution in [-0.2, 0) is 16.0 Å². The number of anilines is 1. The largest absolute Gasteiger partial charge is 0.481 e. The first kappa shape index (κ1) is 22.1. The van der Waals surface area contributed by atoms with Gasteiger partial charge in [0.25, 0.3) is 0 Å². The van der Waals surface area contributed by atoms with Gasteiger partial charge in [-0.1, -0.05) is 13.0 Å². The molecule has 0 aliphatic carbocycles.